The average molecular weight is 292 g/mol. The van der Waals surface area contributed by atoms with Crippen molar-refractivity contribution in [1.82, 2.24) is 14.5 Å². The number of unbranched alkanes of at least 4 members (excludes halogenated alkanes) is 1. The van der Waals surface area contributed by atoms with Gasteiger partial charge in [-0.1, -0.05) is 0 Å². The molecule has 0 aliphatic rings. The van der Waals surface area contributed by atoms with Crippen LogP contribution >= 0.6 is 11.8 Å². The molecule has 0 unspecified atom stereocenters. The van der Waals surface area contributed by atoms with E-state index in [-0.39, 0.29) is 4.90 Å². The molecule has 0 aliphatic carbocycles. The van der Waals surface area contributed by atoms with Gasteiger partial charge in [0.1, 0.15) is 4.90 Å². The highest BCUT2D eigenvalue weighted by Crippen LogP contribution is 2.07. The van der Waals surface area contributed by atoms with Crippen LogP contribution in [0.3, 0.4) is 0 Å². The number of sulfonamides is 1. The summed E-state index contributed by atoms with van der Waals surface area (Å²) in [5.74, 6) is 1.05. The van der Waals surface area contributed by atoms with E-state index in [1.54, 1.807) is 11.8 Å². The van der Waals surface area contributed by atoms with Crippen LogP contribution in [0.2, 0.25) is 0 Å². The van der Waals surface area contributed by atoms with E-state index < -0.39 is 10.0 Å². The fourth-order valence-electron chi connectivity index (χ4n) is 1.40. The topological polar surface area (TPSA) is 90.0 Å². The van der Waals surface area contributed by atoms with Crippen molar-refractivity contribution in [2.24, 2.45) is 5.73 Å². The minimum atomic E-state index is -3.43. The minimum Gasteiger partial charge on any atom is -0.329 e. The number of aromatic nitrogens is 2. The molecule has 0 spiro atoms. The Hall–Kier alpha value is -0.570. The largest absolute Gasteiger partial charge is 0.329 e. The summed E-state index contributed by atoms with van der Waals surface area (Å²) in [6.45, 7) is 1.41. The average Bonchev–Trinajstić information content (AvgIpc) is 2.79. The third-order valence-electron chi connectivity index (χ3n) is 2.35. The van der Waals surface area contributed by atoms with Gasteiger partial charge in [-0.05, 0) is 24.9 Å². The van der Waals surface area contributed by atoms with E-state index in [1.165, 1.54) is 17.1 Å². The molecule has 1 aromatic heterocycles. The summed E-state index contributed by atoms with van der Waals surface area (Å²) < 4.78 is 27.9. The molecule has 0 aliphatic heterocycles. The van der Waals surface area contributed by atoms with Gasteiger partial charge in [0.2, 0.25) is 10.0 Å². The van der Waals surface area contributed by atoms with Crippen molar-refractivity contribution >= 4 is 21.8 Å². The number of nitrogens with zero attached hydrogens (tertiary/aromatic N) is 2. The molecule has 1 aromatic rings. The molecule has 0 saturated heterocycles. The summed E-state index contributed by atoms with van der Waals surface area (Å²) in [6, 6.07) is 0. The molecule has 0 aromatic carbocycles. The Balaban J connectivity index is 2.46. The van der Waals surface area contributed by atoms with E-state index in [2.05, 4.69) is 9.82 Å². The van der Waals surface area contributed by atoms with Crippen molar-refractivity contribution in [2.45, 2.75) is 24.3 Å². The smallest absolute Gasteiger partial charge is 0.243 e. The first-order valence-electron chi connectivity index (χ1n) is 5.81. The number of hydrogen-bond donors (Lipinski definition) is 2. The first kappa shape index (κ1) is 15.5. The Bertz CT molecular complexity index is 444. The SMILES string of the molecule is CSCCCCNS(=O)(=O)c1cnn(CCN)c1. The summed E-state index contributed by atoms with van der Waals surface area (Å²) in [5, 5.41) is 3.94. The predicted molar refractivity (Wildman–Crippen MR) is 74.1 cm³/mol. The molecule has 1 rings (SSSR count). The summed E-state index contributed by atoms with van der Waals surface area (Å²) >= 11 is 1.76. The van der Waals surface area contributed by atoms with Crippen molar-refractivity contribution in [3.8, 4) is 0 Å². The second-order valence-electron chi connectivity index (χ2n) is 3.83. The van der Waals surface area contributed by atoms with Crippen LogP contribution in [0.4, 0.5) is 0 Å². The zero-order valence-corrected chi connectivity index (χ0v) is 12.1. The highest BCUT2D eigenvalue weighted by atomic mass is 32.2. The van der Waals surface area contributed by atoms with Crippen LogP contribution in [-0.2, 0) is 16.6 Å². The predicted octanol–water partition coefficient (Wildman–Crippen LogP) is 0.263. The molecule has 1 heterocycles. The van der Waals surface area contributed by atoms with E-state index in [1.807, 2.05) is 6.26 Å². The Labute approximate surface area is 112 Å². The molecule has 18 heavy (non-hydrogen) atoms. The van der Waals surface area contributed by atoms with Crippen molar-refractivity contribution in [3.05, 3.63) is 12.4 Å². The Kier molecular flexibility index (Phi) is 6.69. The summed E-state index contributed by atoms with van der Waals surface area (Å²) in [7, 11) is -3.43. The van der Waals surface area contributed by atoms with Crippen LogP contribution in [-0.4, -0.2) is 43.3 Å². The van der Waals surface area contributed by atoms with Gasteiger partial charge in [-0.25, -0.2) is 13.1 Å². The second-order valence-corrected chi connectivity index (χ2v) is 6.58. The molecule has 8 heteroatoms. The van der Waals surface area contributed by atoms with Crippen LogP contribution in [0, 0.1) is 0 Å². The fourth-order valence-corrected chi connectivity index (χ4v) is 2.92. The first-order valence-corrected chi connectivity index (χ1v) is 8.69. The van der Waals surface area contributed by atoms with Gasteiger partial charge < -0.3 is 5.73 Å². The highest BCUT2D eigenvalue weighted by molar-refractivity contribution is 7.98. The van der Waals surface area contributed by atoms with Gasteiger partial charge in [0, 0.05) is 19.3 Å². The summed E-state index contributed by atoms with van der Waals surface area (Å²) in [4.78, 5) is 0.195. The monoisotopic (exact) mass is 292 g/mol. The lowest BCUT2D eigenvalue weighted by molar-refractivity contribution is 0.577. The maximum Gasteiger partial charge on any atom is 0.243 e. The number of nitrogens with two attached hydrogens (primary N) is 1. The molecular formula is C10H20N4O2S2. The Morgan fingerprint density at radius 1 is 1.50 bits per heavy atom. The highest BCUT2D eigenvalue weighted by Gasteiger charge is 2.15. The number of hydrogen-bond acceptors (Lipinski definition) is 5. The van der Waals surface area contributed by atoms with Gasteiger partial charge in [0.25, 0.3) is 0 Å². The van der Waals surface area contributed by atoms with Crippen molar-refractivity contribution in [1.29, 1.82) is 0 Å². The lowest BCUT2D eigenvalue weighted by Crippen LogP contribution is -2.24. The van der Waals surface area contributed by atoms with Crippen LogP contribution in [0.15, 0.2) is 17.3 Å². The van der Waals surface area contributed by atoms with Gasteiger partial charge in [-0.2, -0.15) is 16.9 Å². The van der Waals surface area contributed by atoms with Crippen LogP contribution < -0.4 is 10.5 Å². The Morgan fingerprint density at radius 2 is 2.28 bits per heavy atom. The van der Waals surface area contributed by atoms with Crippen LogP contribution in [0.5, 0.6) is 0 Å². The maximum atomic E-state index is 11.9. The molecule has 6 nitrogen and oxygen atoms in total. The van der Waals surface area contributed by atoms with E-state index in [9.17, 15) is 8.42 Å². The van der Waals surface area contributed by atoms with E-state index in [4.69, 9.17) is 5.73 Å². The van der Waals surface area contributed by atoms with Gasteiger partial charge in [0.15, 0.2) is 0 Å². The molecule has 0 amide bonds. The molecule has 0 bridgehead atoms. The number of thioether (sulfide) groups is 1. The standard InChI is InChI=1S/C10H20N4O2S2/c1-17-7-3-2-5-13-18(15,16)10-8-12-14(9-10)6-4-11/h8-9,13H,2-7,11H2,1H3. The van der Waals surface area contributed by atoms with Gasteiger partial charge in [-0.15, -0.1) is 0 Å². The molecular weight excluding hydrogens is 272 g/mol. The van der Waals surface area contributed by atoms with Crippen LogP contribution in [0.25, 0.3) is 0 Å². The molecule has 104 valence electrons. The van der Waals surface area contributed by atoms with E-state index in [0.717, 1.165) is 18.6 Å². The third-order valence-corrected chi connectivity index (χ3v) is 4.46. The molecule has 0 radical (unpaired) electrons. The summed E-state index contributed by atoms with van der Waals surface area (Å²) in [5.41, 5.74) is 5.38. The zero-order chi connectivity index (χ0) is 13.4. The lowest BCUT2D eigenvalue weighted by atomic mass is 10.3. The number of nitrogens with one attached hydrogen (secondary N) is 1. The Morgan fingerprint density at radius 3 is 2.94 bits per heavy atom. The minimum absolute atomic E-state index is 0.195. The third kappa shape index (κ3) is 4.97. The number of rotatable bonds is 9. The fraction of sp³-hybridized carbons (Fsp3) is 0.700. The quantitative estimate of drug-likeness (QED) is 0.637. The lowest BCUT2D eigenvalue weighted by Gasteiger charge is -2.04. The summed E-state index contributed by atoms with van der Waals surface area (Å²) in [6.07, 6.45) is 6.74. The first-order chi connectivity index (χ1) is 8.60. The van der Waals surface area contributed by atoms with Gasteiger partial charge in [-0.3, -0.25) is 4.68 Å². The van der Waals surface area contributed by atoms with Crippen LogP contribution in [0.1, 0.15) is 12.8 Å². The molecule has 3 N–H and O–H groups in total. The molecule has 0 saturated carbocycles. The van der Waals surface area contributed by atoms with Gasteiger partial charge in [0.05, 0.1) is 12.7 Å². The normalized spacial score (nSPS) is 11.9. The van der Waals surface area contributed by atoms with Gasteiger partial charge >= 0.3 is 0 Å². The van der Waals surface area contributed by atoms with E-state index in [0.29, 0.717) is 19.6 Å². The zero-order valence-electron chi connectivity index (χ0n) is 10.5. The maximum absolute atomic E-state index is 11.9. The van der Waals surface area contributed by atoms with Crippen molar-refractivity contribution in [3.63, 3.8) is 0 Å². The molecule has 0 atom stereocenters. The van der Waals surface area contributed by atoms with Crippen molar-refractivity contribution < 1.29 is 8.42 Å². The second kappa shape index (κ2) is 7.78. The van der Waals surface area contributed by atoms with Crippen molar-refractivity contribution in [2.75, 3.05) is 25.1 Å². The molecule has 0 fully saturated rings. The van der Waals surface area contributed by atoms with E-state index >= 15 is 0 Å².